The van der Waals surface area contributed by atoms with Gasteiger partial charge in [-0.1, -0.05) is 0 Å². The molecule has 0 unspecified atom stereocenters. The molecular weight excluding hydrogens is 232 g/mol. The monoisotopic (exact) mass is 246 g/mol. The zero-order valence-electron chi connectivity index (χ0n) is 9.78. The summed E-state index contributed by atoms with van der Waals surface area (Å²) in [6.45, 7) is 0. The van der Waals surface area contributed by atoms with Gasteiger partial charge in [0.1, 0.15) is 5.52 Å². The first-order chi connectivity index (χ1) is 8.66. The van der Waals surface area contributed by atoms with Crippen LogP contribution in [0, 0.1) is 5.92 Å². The number of aliphatic carboxylic acids is 1. The van der Waals surface area contributed by atoms with E-state index in [1.807, 2.05) is 10.6 Å². The van der Waals surface area contributed by atoms with Crippen LogP contribution in [0.2, 0.25) is 0 Å². The summed E-state index contributed by atoms with van der Waals surface area (Å²) in [5.41, 5.74) is 7.38. The van der Waals surface area contributed by atoms with Crippen molar-refractivity contribution in [2.75, 3.05) is 5.73 Å². The van der Waals surface area contributed by atoms with Gasteiger partial charge in [0.15, 0.2) is 5.82 Å². The molecule has 1 aliphatic carbocycles. The van der Waals surface area contributed by atoms with E-state index < -0.39 is 5.97 Å². The predicted octanol–water partition coefficient (Wildman–Crippen LogP) is 1.44. The molecule has 1 aliphatic rings. The molecule has 0 radical (unpaired) electrons. The number of imidazole rings is 1. The van der Waals surface area contributed by atoms with Gasteiger partial charge < -0.3 is 15.4 Å². The Kier molecular flexibility index (Phi) is 2.43. The normalized spacial score (nSPS) is 23.6. The van der Waals surface area contributed by atoms with Crippen LogP contribution in [0.1, 0.15) is 25.3 Å². The number of carbonyl (C=O) groups is 1. The van der Waals surface area contributed by atoms with E-state index >= 15 is 0 Å². The van der Waals surface area contributed by atoms with Crippen molar-refractivity contribution in [3.05, 3.63) is 18.6 Å². The Morgan fingerprint density at radius 1 is 1.44 bits per heavy atom. The Labute approximate surface area is 103 Å². The molecule has 1 fully saturated rings. The second-order valence-corrected chi connectivity index (χ2v) is 4.72. The average molecular weight is 246 g/mol. The Bertz CT molecular complexity index is 607. The zero-order valence-corrected chi connectivity index (χ0v) is 9.78. The molecule has 0 saturated heterocycles. The van der Waals surface area contributed by atoms with Gasteiger partial charge in [-0.3, -0.25) is 4.79 Å². The van der Waals surface area contributed by atoms with E-state index in [4.69, 9.17) is 10.8 Å². The van der Waals surface area contributed by atoms with Crippen LogP contribution in [-0.4, -0.2) is 25.6 Å². The van der Waals surface area contributed by atoms with E-state index in [1.54, 1.807) is 12.5 Å². The number of nitrogens with zero attached hydrogens (tertiary/aromatic N) is 3. The quantitative estimate of drug-likeness (QED) is 0.836. The first-order valence-corrected chi connectivity index (χ1v) is 5.96. The highest BCUT2D eigenvalue weighted by Gasteiger charge is 2.31. The van der Waals surface area contributed by atoms with Gasteiger partial charge in [0.05, 0.1) is 17.8 Å². The average Bonchev–Trinajstić information content (AvgIpc) is 2.94. The second kappa shape index (κ2) is 3.97. The van der Waals surface area contributed by atoms with Crippen molar-refractivity contribution in [2.45, 2.75) is 25.3 Å². The molecule has 0 aliphatic heterocycles. The molecule has 6 nitrogen and oxygen atoms in total. The molecule has 0 aromatic carbocycles. The van der Waals surface area contributed by atoms with Crippen LogP contribution in [0.5, 0.6) is 0 Å². The van der Waals surface area contributed by atoms with Crippen molar-refractivity contribution in [1.29, 1.82) is 0 Å². The van der Waals surface area contributed by atoms with Gasteiger partial charge in [-0.15, -0.1) is 0 Å². The lowest BCUT2D eigenvalue weighted by molar-refractivity contribution is -0.141. The first kappa shape index (κ1) is 11.0. The molecule has 18 heavy (non-hydrogen) atoms. The summed E-state index contributed by atoms with van der Waals surface area (Å²) < 4.78 is 2.02. The Morgan fingerprint density at radius 3 is 3.00 bits per heavy atom. The summed E-state index contributed by atoms with van der Waals surface area (Å²) >= 11 is 0. The minimum atomic E-state index is -0.705. The first-order valence-electron chi connectivity index (χ1n) is 5.96. The predicted molar refractivity (Wildman–Crippen MR) is 66.0 cm³/mol. The van der Waals surface area contributed by atoms with Crippen LogP contribution in [0.3, 0.4) is 0 Å². The van der Waals surface area contributed by atoms with E-state index in [2.05, 4.69) is 9.97 Å². The smallest absolute Gasteiger partial charge is 0.306 e. The minimum absolute atomic E-state index is 0.192. The molecule has 3 rings (SSSR count). The Balaban J connectivity index is 1.96. The van der Waals surface area contributed by atoms with E-state index in [-0.39, 0.29) is 12.0 Å². The van der Waals surface area contributed by atoms with Crippen molar-refractivity contribution in [3.8, 4) is 0 Å². The number of rotatable bonds is 2. The molecule has 2 atom stereocenters. The SMILES string of the molecule is Nc1nccc2c1ncn2[C@@H]1CC[C@@H](C(=O)O)C1. The standard InChI is InChI=1S/C12H14N4O2/c13-11-10-9(3-4-14-11)16(6-15-10)8-2-1-7(5-8)12(17)18/h3-4,6-8H,1-2,5H2,(H2,13,14)(H,17,18)/t7-,8-/m1/s1. The highest BCUT2D eigenvalue weighted by atomic mass is 16.4. The maximum absolute atomic E-state index is 11.0. The molecule has 2 aromatic heterocycles. The van der Waals surface area contributed by atoms with Crippen molar-refractivity contribution in [3.63, 3.8) is 0 Å². The van der Waals surface area contributed by atoms with Crippen LogP contribution < -0.4 is 5.73 Å². The number of fused-ring (bicyclic) bond motifs is 1. The highest BCUT2D eigenvalue weighted by Crippen LogP contribution is 2.36. The summed E-state index contributed by atoms with van der Waals surface area (Å²) in [6, 6.07) is 2.06. The number of nitrogen functional groups attached to an aromatic ring is 1. The highest BCUT2D eigenvalue weighted by molar-refractivity contribution is 5.84. The van der Waals surface area contributed by atoms with Gasteiger partial charge in [-0.2, -0.15) is 0 Å². The molecule has 0 amide bonds. The fourth-order valence-corrected chi connectivity index (χ4v) is 2.71. The van der Waals surface area contributed by atoms with Crippen molar-refractivity contribution < 1.29 is 9.90 Å². The Morgan fingerprint density at radius 2 is 2.28 bits per heavy atom. The van der Waals surface area contributed by atoms with Crippen LogP contribution >= 0.6 is 0 Å². The van der Waals surface area contributed by atoms with Gasteiger partial charge in [0.25, 0.3) is 0 Å². The molecule has 0 spiro atoms. The fraction of sp³-hybridized carbons (Fsp3) is 0.417. The molecule has 6 heteroatoms. The van der Waals surface area contributed by atoms with Crippen molar-refractivity contribution >= 4 is 22.8 Å². The number of anilines is 1. The largest absolute Gasteiger partial charge is 0.481 e. The van der Waals surface area contributed by atoms with Crippen LogP contribution in [-0.2, 0) is 4.79 Å². The second-order valence-electron chi connectivity index (χ2n) is 4.72. The van der Waals surface area contributed by atoms with Gasteiger partial charge in [0.2, 0.25) is 0 Å². The molecule has 0 bridgehead atoms. The molecule has 2 heterocycles. The maximum atomic E-state index is 11.0. The van der Waals surface area contributed by atoms with Gasteiger partial charge in [-0.05, 0) is 25.3 Å². The van der Waals surface area contributed by atoms with Crippen LogP contribution in [0.4, 0.5) is 5.82 Å². The Hall–Kier alpha value is -2.11. The fourth-order valence-electron chi connectivity index (χ4n) is 2.71. The summed E-state index contributed by atoms with van der Waals surface area (Å²) in [7, 11) is 0. The lowest BCUT2D eigenvalue weighted by Crippen LogP contribution is -2.11. The van der Waals surface area contributed by atoms with Gasteiger partial charge >= 0.3 is 5.97 Å². The number of pyridine rings is 1. The summed E-state index contributed by atoms with van der Waals surface area (Å²) in [6.07, 6.45) is 5.63. The molecule has 94 valence electrons. The number of carboxylic acids is 1. The molecule has 3 N–H and O–H groups in total. The van der Waals surface area contributed by atoms with Crippen molar-refractivity contribution in [1.82, 2.24) is 14.5 Å². The molecule has 1 saturated carbocycles. The van der Waals surface area contributed by atoms with Gasteiger partial charge in [0, 0.05) is 12.2 Å². The van der Waals surface area contributed by atoms with Gasteiger partial charge in [-0.25, -0.2) is 9.97 Å². The summed E-state index contributed by atoms with van der Waals surface area (Å²) in [4.78, 5) is 19.2. The third-order valence-electron chi connectivity index (χ3n) is 3.67. The molecular formula is C12H14N4O2. The van der Waals surface area contributed by atoms with E-state index in [1.165, 1.54) is 0 Å². The summed E-state index contributed by atoms with van der Waals surface area (Å²) in [5.74, 6) is -0.534. The lowest BCUT2D eigenvalue weighted by atomic mass is 10.1. The number of hydrogen-bond acceptors (Lipinski definition) is 4. The van der Waals surface area contributed by atoms with Crippen LogP contribution in [0.15, 0.2) is 18.6 Å². The third-order valence-corrected chi connectivity index (χ3v) is 3.67. The summed E-state index contributed by atoms with van der Waals surface area (Å²) in [5, 5.41) is 9.03. The zero-order chi connectivity index (χ0) is 12.7. The molecule has 2 aromatic rings. The number of hydrogen-bond donors (Lipinski definition) is 2. The maximum Gasteiger partial charge on any atom is 0.306 e. The number of carboxylic acid groups (broad SMARTS) is 1. The lowest BCUT2D eigenvalue weighted by Gasteiger charge is -2.12. The minimum Gasteiger partial charge on any atom is -0.481 e. The van der Waals surface area contributed by atoms with E-state index in [0.29, 0.717) is 17.8 Å². The number of nitrogens with two attached hydrogens (primary N) is 1. The third kappa shape index (κ3) is 1.61. The van der Waals surface area contributed by atoms with Crippen molar-refractivity contribution in [2.24, 2.45) is 5.92 Å². The topological polar surface area (TPSA) is 94.0 Å². The number of aromatic nitrogens is 3. The van der Waals surface area contributed by atoms with Crippen LogP contribution in [0.25, 0.3) is 11.0 Å². The van der Waals surface area contributed by atoms with E-state index in [0.717, 1.165) is 18.4 Å². The van der Waals surface area contributed by atoms with E-state index in [9.17, 15) is 4.79 Å².